The van der Waals surface area contributed by atoms with Crippen LogP contribution >= 0.6 is 11.8 Å². The fourth-order valence-corrected chi connectivity index (χ4v) is 4.27. The lowest BCUT2D eigenvalue weighted by atomic mass is 9.83. The van der Waals surface area contributed by atoms with Gasteiger partial charge in [0.15, 0.2) is 0 Å². The number of rotatable bonds is 5. The van der Waals surface area contributed by atoms with Crippen LogP contribution in [0.1, 0.15) is 32.6 Å². The summed E-state index contributed by atoms with van der Waals surface area (Å²) >= 11 is 2.08. The van der Waals surface area contributed by atoms with Crippen molar-refractivity contribution in [3.8, 4) is 0 Å². The summed E-state index contributed by atoms with van der Waals surface area (Å²) in [5.41, 5.74) is 6.37. The zero-order valence-electron chi connectivity index (χ0n) is 9.87. The molecule has 2 aliphatic rings. The van der Waals surface area contributed by atoms with Crippen molar-refractivity contribution in [2.45, 2.75) is 38.1 Å². The highest BCUT2D eigenvalue weighted by atomic mass is 32.2. The van der Waals surface area contributed by atoms with E-state index < -0.39 is 0 Å². The molecule has 0 aromatic rings. The number of hydrogen-bond donors (Lipinski definition) is 1. The summed E-state index contributed by atoms with van der Waals surface area (Å²) in [5, 5.41) is 0. The lowest BCUT2D eigenvalue weighted by molar-refractivity contribution is 0.0810. The molecule has 0 aromatic carbocycles. The van der Waals surface area contributed by atoms with E-state index in [2.05, 4.69) is 23.6 Å². The fourth-order valence-electron chi connectivity index (χ4n) is 2.78. The van der Waals surface area contributed by atoms with E-state index in [4.69, 9.17) is 5.73 Å². The zero-order valence-corrected chi connectivity index (χ0v) is 10.7. The third kappa shape index (κ3) is 2.34. The molecule has 1 heterocycles. The number of hydrogen-bond acceptors (Lipinski definition) is 3. The topological polar surface area (TPSA) is 29.3 Å². The SMILES string of the molecule is CCN(CC1CCC1)C1(CN)CCSC1. The molecule has 2 nitrogen and oxygen atoms in total. The van der Waals surface area contributed by atoms with Gasteiger partial charge in [0.2, 0.25) is 0 Å². The van der Waals surface area contributed by atoms with Crippen molar-refractivity contribution in [3.63, 3.8) is 0 Å². The number of nitrogens with zero attached hydrogens (tertiary/aromatic N) is 1. The Bertz CT molecular complexity index is 198. The fraction of sp³-hybridized carbons (Fsp3) is 1.00. The highest BCUT2D eigenvalue weighted by Gasteiger charge is 2.39. The maximum atomic E-state index is 6.03. The molecular weight excluding hydrogens is 204 g/mol. The molecule has 88 valence electrons. The Morgan fingerprint density at radius 2 is 2.27 bits per heavy atom. The molecule has 1 unspecified atom stereocenters. The summed E-state index contributed by atoms with van der Waals surface area (Å²) in [4.78, 5) is 2.68. The molecule has 1 atom stereocenters. The van der Waals surface area contributed by atoms with Gasteiger partial charge in [-0.15, -0.1) is 0 Å². The minimum absolute atomic E-state index is 0.342. The second kappa shape index (κ2) is 5.07. The molecule has 3 heteroatoms. The molecular formula is C12H24N2S. The molecule has 1 saturated carbocycles. The van der Waals surface area contributed by atoms with Crippen molar-refractivity contribution in [2.75, 3.05) is 31.1 Å². The van der Waals surface area contributed by atoms with Gasteiger partial charge in [0.1, 0.15) is 0 Å². The minimum Gasteiger partial charge on any atom is -0.329 e. The van der Waals surface area contributed by atoms with Crippen LogP contribution in [-0.4, -0.2) is 41.6 Å². The monoisotopic (exact) mass is 228 g/mol. The van der Waals surface area contributed by atoms with Crippen LogP contribution in [0.3, 0.4) is 0 Å². The first kappa shape index (κ1) is 11.7. The van der Waals surface area contributed by atoms with Crippen LogP contribution in [0.4, 0.5) is 0 Å². The molecule has 2 rings (SSSR count). The summed E-state index contributed by atoms with van der Waals surface area (Å²) in [6.07, 6.45) is 5.65. The van der Waals surface area contributed by atoms with Gasteiger partial charge in [0, 0.05) is 24.4 Å². The summed E-state index contributed by atoms with van der Waals surface area (Å²) in [5.74, 6) is 3.53. The number of thioether (sulfide) groups is 1. The Morgan fingerprint density at radius 3 is 2.67 bits per heavy atom. The molecule has 0 radical (unpaired) electrons. The summed E-state index contributed by atoms with van der Waals surface area (Å²) in [7, 11) is 0. The second-order valence-corrected chi connectivity index (χ2v) is 6.17. The Hall–Kier alpha value is 0.270. The Balaban J connectivity index is 1.95. The van der Waals surface area contributed by atoms with Crippen molar-refractivity contribution < 1.29 is 0 Å². The lowest BCUT2D eigenvalue weighted by Gasteiger charge is -2.43. The van der Waals surface area contributed by atoms with E-state index in [1.165, 1.54) is 50.3 Å². The van der Waals surface area contributed by atoms with E-state index in [0.717, 1.165) is 12.5 Å². The maximum absolute atomic E-state index is 6.03. The summed E-state index contributed by atoms with van der Waals surface area (Å²) in [6, 6.07) is 0. The number of likely N-dealkylation sites (N-methyl/N-ethyl adjacent to an activating group) is 1. The zero-order chi connectivity index (χ0) is 10.7. The van der Waals surface area contributed by atoms with E-state index in [1.807, 2.05) is 0 Å². The quantitative estimate of drug-likeness (QED) is 0.780. The summed E-state index contributed by atoms with van der Waals surface area (Å²) < 4.78 is 0. The maximum Gasteiger partial charge on any atom is 0.0429 e. The van der Waals surface area contributed by atoms with Gasteiger partial charge in [-0.2, -0.15) is 11.8 Å². The van der Waals surface area contributed by atoms with E-state index in [9.17, 15) is 0 Å². The molecule has 15 heavy (non-hydrogen) atoms. The first-order valence-electron chi connectivity index (χ1n) is 6.33. The van der Waals surface area contributed by atoms with Crippen LogP contribution in [0.15, 0.2) is 0 Å². The van der Waals surface area contributed by atoms with Gasteiger partial charge in [-0.25, -0.2) is 0 Å². The molecule has 1 aliphatic carbocycles. The van der Waals surface area contributed by atoms with Crippen LogP contribution in [0, 0.1) is 5.92 Å². The molecule has 0 aromatic heterocycles. The average Bonchev–Trinajstić information content (AvgIpc) is 2.66. The molecule has 0 bridgehead atoms. The van der Waals surface area contributed by atoms with Gasteiger partial charge in [-0.3, -0.25) is 4.90 Å². The molecule has 1 saturated heterocycles. The van der Waals surface area contributed by atoms with Crippen molar-refractivity contribution in [3.05, 3.63) is 0 Å². The second-order valence-electron chi connectivity index (χ2n) is 5.07. The lowest BCUT2D eigenvalue weighted by Crippen LogP contribution is -2.55. The normalized spacial score (nSPS) is 32.2. The molecule has 0 spiro atoms. The van der Waals surface area contributed by atoms with E-state index in [0.29, 0.717) is 5.54 Å². The number of nitrogens with two attached hydrogens (primary N) is 1. The Morgan fingerprint density at radius 1 is 1.47 bits per heavy atom. The first-order chi connectivity index (χ1) is 7.30. The highest BCUT2D eigenvalue weighted by Crippen LogP contribution is 2.35. The molecule has 1 aliphatic heterocycles. The van der Waals surface area contributed by atoms with Gasteiger partial charge in [0.25, 0.3) is 0 Å². The van der Waals surface area contributed by atoms with Gasteiger partial charge in [-0.05, 0) is 37.5 Å². The van der Waals surface area contributed by atoms with E-state index in [1.54, 1.807) is 0 Å². The first-order valence-corrected chi connectivity index (χ1v) is 7.49. The van der Waals surface area contributed by atoms with Crippen molar-refractivity contribution >= 4 is 11.8 Å². The smallest absolute Gasteiger partial charge is 0.0429 e. The third-order valence-electron chi connectivity index (χ3n) is 4.22. The predicted octanol–water partition coefficient (Wildman–Crippen LogP) is 1.94. The van der Waals surface area contributed by atoms with Crippen LogP contribution in [0.25, 0.3) is 0 Å². The standard InChI is InChI=1S/C12H24N2S/c1-2-14(8-11-4-3-5-11)12(9-13)6-7-15-10-12/h11H,2-10,13H2,1H3. The Kier molecular flexibility index (Phi) is 3.97. The Labute approximate surface area is 98.0 Å². The van der Waals surface area contributed by atoms with Gasteiger partial charge in [0.05, 0.1) is 0 Å². The third-order valence-corrected chi connectivity index (χ3v) is 5.45. The van der Waals surface area contributed by atoms with Crippen molar-refractivity contribution in [2.24, 2.45) is 11.7 Å². The van der Waals surface area contributed by atoms with Crippen LogP contribution in [-0.2, 0) is 0 Å². The molecule has 0 amide bonds. The minimum atomic E-state index is 0.342. The molecule has 2 fully saturated rings. The van der Waals surface area contributed by atoms with Gasteiger partial charge >= 0.3 is 0 Å². The van der Waals surface area contributed by atoms with E-state index >= 15 is 0 Å². The molecule has 2 N–H and O–H groups in total. The van der Waals surface area contributed by atoms with Gasteiger partial charge < -0.3 is 5.73 Å². The van der Waals surface area contributed by atoms with Crippen LogP contribution in [0.5, 0.6) is 0 Å². The van der Waals surface area contributed by atoms with Crippen molar-refractivity contribution in [1.82, 2.24) is 4.90 Å². The predicted molar refractivity (Wildman–Crippen MR) is 68.3 cm³/mol. The van der Waals surface area contributed by atoms with E-state index in [-0.39, 0.29) is 0 Å². The van der Waals surface area contributed by atoms with Crippen LogP contribution in [0.2, 0.25) is 0 Å². The van der Waals surface area contributed by atoms with Crippen LogP contribution < -0.4 is 5.73 Å². The largest absolute Gasteiger partial charge is 0.329 e. The average molecular weight is 228 g/mol. The highest BCUT2D eigenvalue weighted by molar-refractivity contribution is 7.99. The van der Waals surface area contributed by atoms with Crippen molar-refractivity contribution in [1.29, 1.82) is 0 Å². The summed E-state index contributed by atoms with van der Waals surface area (Å²) in [6.45, 7) is 5.61. The van der Waals surface area contributed by atoms with Gasteiger partial charge in [-0.1, -0.05) is 13.3 Å².